The number of phenolic OH excluding ortho intramolecular Hbond substituents is 1. The number of methoxy groups -OCH3 is 1. The zero-order chi connectivity index (χ0) is 16.8. The molecule has 118 valence electrons. The summed E-state index contributed by atoms with van der Waals surface area (Å²) in [4.78, 5) is 22.2. The van der Waals surface area contributed by atoms with Gasteiger partial charge < -0.3 is 9.84 Å². The molecule has 0 saturated heterocycles. The molecule has 2 N–H and O–H groups in total. The Morgan fingerprint density at radius 2 is 2.09 bits per heavy atom. The van der Waals surface area contributed by atoms with Crippen molar-refractivity contribution in [3.8, 4) is 11.5 Å². The van der Waals surface area contributed by atoms with Crippen LogP contribution in [-0.2, 0) is 0 Å². The predicted molar refractivity (Wildman–Crippen MR) is 82.8 cm³/mol. The average molecular weight is 315 g/mol. The number of rotatable bonds is 5. The highest BCUT2D eigenvalue weighted by Crippen LogP contribution is 2.23. The standard InChI is InChI=1S/C15H13N3O5/c1-23-11-6-7-12(14(19)8-11)15(20)17-16-9-10-4-2-3-5-13(10)18(21)22/h2-9,19H,1H3,(H,17,20)/b16-9-. The summed E-state index contributed by atoms with van der Waals surface area (Å²) in [7, 11) is 1.44. The Kier molecular flexibility index (Phi) is 4.88. The third kappa shape index (κ3) is 3.82. The third-order valence-corrected chi connectivity index (χ3v) is 2.95. The number of phenols is 1. The highest BCUT2D eigenvalue weighted by Gasteiger charge is 2.12. The van der Waals surface area contributed by atoms with E-state index in [9.17, 15) is 20.0 Å². The van der Waals surface area contributed by atoms with Crippen molar-refractivity contribution in [1.82, 2.24) is 5.43 Å². The number of nitrogens with one attached hydrogen (secondary N) is 1. The Labute approximate surface area is 131 Å². The van der Waals surface area contributed by atoms with Crippen LogP contribution in [0.25, 0.3) is 0 Å². The van der Waals surface area contributed by atoms with E-state index >= 15 is 0 Å². The minimum absolute atomic E-state index is 0.00510. The molecule has 0 spiro atoms. The highest BCUT2D eigenvalue weighted by atomic mass is 16.6. The number of carbonyl (C=O) groups is 1. The van der Waals surface area contributed by atoms with Crippen molar-refractivity contribution in [2.45, 2.75) is 0 Å². The van der Waals surface area contributed by atoms with Gasteiger partial charge in [-0.1, -0.05) is 12.1 Å². The van der Waals surface area contributed by atoms with Gasteiger partial charge in [-0.25, -0.2) is 5.43 Å². The Balaban J connectivity index is 2.12. The second kappa shape index (κ2) is 7.03. The van der Waals surface area contributed by atoms with Crippen LogP contribution in [0.15, 0.2) is 47.6 Å². The zero-order valence-corrected chi connectivity index (χ0v) is 12.1. The number of hydrogen-bond donors (Lipinski definition) is 2. The Hall–Kier alpha value is -3.42. The van der Waals surface area contributed by atoms with Crippen LogP contribution in [0.5, 0.6) is 11.5 Å². The van der Waals surface area contributed by atoms with Crippen LogP contribution in [0, 0.1) is 10.1 Å². The van der Waals surface area contributed by atoms with Gasteiger partial charge in [0.2, 0.25) is 0 Å². The summed E-state index contributed by atoms with van der Waals surface area (Å²) in [5, 5.41) is 24.3. The lowest BCUT2D eigenvalue weighted by molar-refractivity contribution is -0.385. The molecule has 0 atom stereocenters. The first-order chi connectivity index (χ1) is 11.0. The molecule has 0 aliphatic carbocycles. The maximum Gasteiger partial charge on any atom is 0.278 e. The summed E-state index contributed by atoms with van der Waals surface area (Å²) in [6.45, 7) is 0. The first-order valence-corrected chi connectivity index (χ1v) is 6.46. The number of benzene rings is 2. The molecule has 0 fully saturated rings. The van der Waals surface area contributed by atoms with Crippen molar-refractivity contribution in [2.24, 2.45) is 5.10 Å². The SMILES string of the molecule is COc1ccc(C(=O)N/N=C\c2ccccc2[N+](=O)[O-])c(O)c1. The van der Waals surface area contributed by atoms with Crippen LogP contribution >= 0.6 is 0 Å². The fourth-order valence-electron chi connectivity index (χ4n) is 1.81. The molecule has 0 aromatic heterocycles. The number of nitro benzene ring substituents is 1. The molecule has 0 radical (unpaired) electrons. The fraction of sp³-hybridized carbons (Fsp3) is 0.0667. The topological polar surface area (TPSA) is 114 Å². The van der Waals surface area contributed by atoms with Crippen molar-refractivity contribution < 1.29 is 19.6 Å². The van der Waals surface area contributed by atoms with Gasteiger partial charge in [0.25, 0.3) is 11.6 Å². The second-order valence-electron chi connectivity index (χ2n) is 4.40. The maximum atomic E-state index is 11.9. The van der Waals surface area contributed by atoms with E-state index in [0.717, 1.165) is 6.21 Å². The number of ether oxygens (including phenoxy) is 1. The molecular weight excluding hydrogens is 302 g/mol. The summed E-state index contributed by atoms with van der Waals surface area (Å²) in [5.41, 5.74) is 2.32. The van der Waals surface area contributed by atoms with Crippen LogP contribution in [0.1, 0.15) is 15.9 Å². The maximum absolute atomic E-state index is 11.9. The zero-order valence-electron chi connectivity index (χ0n) is 12.1. The van der Waals surface area contributed by atoms with E-state index in [4.69, 9.17) is 4.74 Å². The molecule has 0 bridgehead atoms. The first kappa shape index (κ1) is 16.0. The summed E-state index contributed by atoms with van der Waals surface area (Å²) >= 11 is 0. The van der Waals surface area contributed by atoms with E-state index in [0.29, 0.717) is 5.75 Å². The fourth-order valence-corrected chi connectivity index (χ4v) is 1.81. The van der Waals surface area contributed by atoms with Crippen LogP contribution in [0.3, 0.4) is 0 Å². The molecule has 8 nitrogen and oxygen atoms in total. The Morgan fingerprint density at radius 1 is 1.35 bits per heavy atom. The minimum Gasteiger partial charge on any atom is -0.507 e. The van der Waals surface area contributed by atoms with Crippen molar-refractivity contribution >= 4 is 17.8 Å². The smallest absolute Gasteiger partial charge is 0.278 e. The van der Waals surface area contributed by atoms with E-state index in [1.165, 1.54) is 43.5 Å². The van der Waals surface area contributed by atoms with E-state index < -0.39 is 10.8 Å². The molecule has 23 heavy (non-hydrogen) atoms. The quantitative estimate of drug-likeness (QED) is 0.498. The number of hydrogen-bond acceptors (Lipinski definition) is 6. The summed E-state index contributed by atoms with van der Waals surface area (Å²) in [6, 6.07) is 10.2. The molecule has 2 rings (SSSR count). The largest absolute Gasteiger partial charge is 0.507 e. The Morgan fingerprint density at radius 3 is 2.74 bits per heavy atom. The van der Waals surface area contributed by atoms with Gasteiger partial charge in [0.05, 0.1) is 29.4 Å². The van der Waals surface area contributed by atoms with E-state index in [1.807, 2.05) is 0 Å². The number of nitro groups is 1. The van der Waals surface area contributed by atoms with Gasteiger partial charge in [-0.15, -0.1) is 0 Å². The van der Waals surface area contributed by atoms with Crippen LogP contribution < -0.4 is 10.2 Å². The van der Waals surface area contributed by atoms with Crippen LogP contribution in [0.2, 0.25) is 0 Å². The predicted octanol–water partition coefficient (Wildman–Crippen LogP) is 2.07. The van der Waals surface area contributed by atoms with Crippen molar-refractivity contribution in [2.75, 3.05) is 7.11 Å². The summed E-state index contributed by atoms with van der Waals surface area (Å²) in [5.74, 6) is -0.509. The molecule has 8 heteroatoms. The monoisotopic (exact) mass is 315 g/mol. The minimum atomic E-state index is -0.653. The van der Waals surface area contributed by atoms with Gasteiger partial charge in [-0.3, -0.25) is 14.9 Å². The second-order valence-corrected chi connectivity index (χ2v) is 4.40. The normalized spacial score (nSPS) is 10.5. The van der Waals surface area contributed by atoms with E-state index in [2.05, 4.69) is 10.5 Å². The number of nitrogens with zero attached hydrogens (tertiary/aromatic N) is 2. The van der Waals surface area contributed by atoms with Gasteiger partial charge in [-0.05, 0) is 18.2 Å². The van der Waals surface area contributed by atoms with E-state index in [-0.39, 0.29) is 22.6 Å². The van der Waals surface area contributed by atoms with Gasteiger partial charge in [0.1, 0.15) is 11.5 Å². The molecule has 0 aliphatic rings. The summed E-state index contributed by atoms with van der Waals surface area (Å²) in [6.07, 6.45) is 1.16. The van der Waals surface area contributed by atoms with Crippen LogP contribution in [0.4, 0.5) is 5.69 Å². The molecule has 0 aliphatic heterocycles. The molecule has 1 amide bonds. The average Bonchev–Trinajstić information content (AvgIpc) is 2.54. The van der Waals surface area contributed by atoms with Gasteiger partial charge in [0, 0.05) is 12.1 Å². The van der Waals surface area contributed by atoms with Gasteiger partial charge >= 0.3 is 0 Å². The number of hydrazone groups is 1. The van der Waals surface area contributed by atoms with Crippen molar-refractivity contribution in [3.63, 3.8) is 0 Å². The van der Waals surface area contributed by atoms with Gasteiger partial charge in [-0.2, -0.15) is 5.10 Å². The van der Waals surface area contributed by atoms with Crippen LogP contribution in [-0.4, -0.2) is 29.3 Å². The summed E-state index contributed by atoms with van der Waals surface area (Å²) < 4.78 is 4.92. The molecule has 0 unspecified atom stereocenters. The van der Waals surface area contributed by atoms with Crippen molar-refractivity contribution in [1.29, 1.82) is 0 Å². The molecular formula is C15H13N3O5. The molecule has 0 saturated carbocycles. The molecule has 2 aromatic rings. The number of aromatic hydroxyl groups is 1. The molecule has 0 heterocycles. The lowest BCUT2D eigenvalue weighted by atomic mass is 10.2. The third-order valence-electron chi connectivity index (χ3n) is 2.95. The lowest BCUT2D eigenvalue weighted by Gasteiger charge is -2.05. The lowest BCUT2D eigenvalue weighted by Crippen LogP contribution is -2.17. The van der Waals surface area contributed by atoms with Gasteiger partial charge in [0.15, 0.2) is 0 Å². The first-order valence-electron chi connectivity index (χ1n) is 6.46. The molecule has 2 aromatic carbocycles. The number of carbonyl (C=O) groups excluding carboxylic acids is 1. The van der Waals surface area contributed by atoms with E-state index in [1.54, 1.807) is 6.07 Å². The van der Waals surface area contributed by atoms with Crippen molar-refractivity contribution in [3.05, 3.63) is 63.7 Å². The number of amides is 1. The number of para-hydroxylation sites is 1. The Bertz CT molecular complexity index is 773. The highest BCUT2D eigenvalue weighted by molar-refractivity contribution is 5.97.